The van der Waals surface area contributed by atoms with Crippen molar-refractivity contribution in [1.29, 1.82) is 0 Å². The SMILES string of the molecule is CCSc1cccc(SCC(O)CO)c1/C(N)=N/O. The number of rotatable bonds is 7. The molecule has 106 valence electrons. The van der Waals surface area contributed by atoms with Gasteiger partial charge in [-0.15, -0.1) is 23.5 Å². The minimum Gasteiger partial charge on any atom is -0.409 e. The maximum atomic E-state index is 9.39. The summed E-state index contributed by atoms with van der Waals surface area (Å²) >= 11 is 2.97. The van der Waals surface area contributed by atoms with Crippen LogP contribution in [0.15, 0.2) is 33.1 Å². The molecule has 0 aliphatic rings. The second-order valence-corrected chi connectivity index (χ2v) is 6.06. The highest BCUT2D eigenvalue weighted by Crippen LogP contribution is 2.31. The molecule has 0 aromatic heterocycles. The van der Waals surface area contributed by atoms with E-state index in [1.165, 1.54) is 11.8 Å². The Bertz CT molecular complexity index is 441. The van der Waals surface area contributed by atoms with Crippen molar-refractivity contribution in [3.8, 4) is 0 Å². The topological polar surface area (TPSA) is 99.1 Å². The van der Waals surface area contributed by atoms with Crippen LogP contribution < -0.4 is 5.73 Å². The molecule has 0 amide bonds. The number of aliphatic hydroxyl groups is 2. The Balaban J connectivity index is 3.05. The molecule has 5 N–H and O–H groups in total. The fraction of sp³-hybridized carbons (Fsp3) is 0.417. The van der Waals surface area contributed by atoms with Crippen LogP contribution in [0.5, 0.6) is 0 Å². The van der Waals surface area contributed by atoms with Crippen LogP contribution in [0.4, 0.5) is 0 Å². The number of thioether (sulfide) groups is 2. The Hall–Kier alpha value is -0.890. The van der Waals surface area contributed by atoms with Crippen LogP contribution in [0.1, 0.15) is 12.5 Å². The van der Waals surface area contributed by atoms with Crippen LogP contribution in [0, 0.1) is 0 Å². The Morgan fingerprint density at radius 3 is 2.53 bits per heavy atom. The lowest BCUT2D eigenvalue weighted by Crippen LogP contribution is -2.18. The van der Waals surface area contributed by atoms with Crippen LogP contribution in [0.3, 0.4) is 0 Å². The summed E-state index contributed by atoms with van der Waals surface area (Å²) in [5.74, 6) is 1.28. The van der Waals surface area contributed by atoms with Gasteiger partial charge in [0.15, 0.2) is 5.84 Å². The first-order valence-corrected chi connectivity index (χ1v) is 7.76. The van der Waals surface area contributed by atoms with Gasteiger partial charge in [0.05, 0.1) is 12.7 Å². The lowest BCUT2D eigenvalue weighted by Gasteiger charge is -2.13. The standard InChI is InChI=1S/C12H18N2O3S2/c1-2-18-9-4-3-5-10(11(9)12(13)14-17)19-7-8(16)6-15/h3-5,8,15-17H,2,6-7H2,1H3,(H2,13,14). The molecule has 0 saturated heterocycles. The van der Waals surface area contributed by atoms with E-state index in [9.17, 15) is 5.11 Å². The van der Waals surface area contributed by atoms with Crippen LogP contribution in [0.2, 0.25) is 0 Å². The maximum Gasteiger partial charge on any atom is 0.172 e. The van der Waals surface area contributed by atoms with Gasteiger partial charge in [0.1, 0.15) is 0 Å². The van der Waals surface area contributed by atoms with Gasteiger partial charge in [0, 0.05) is 21.1 Å². The Morgan fingerprint density at radius 1 is 1.37 bits per heavy atom. The van der Waals surface area contributed by atoms with Gasteiger partial charge in [-0.3, -0.25) is 0 Å². The number of nitrogens with two attached hydrogens (primary N) is 1. The normalized spacial score (nSPS) is 13.5. The van der Waals surface area contributed by atoms with Crippen LogP contribution >= 0.6 is 23.5 Å². The number of nitrogens with zero attached hydrogens (tertiary/aromatic N) is 1. The predicted octanol–water partition coefficient (Wildman–Crippen LogP) is 1.34. The highest BCUT2D eigenvalue weighted by Gasteiger charge is 2.14. The summed E-state index contributed by atoms with van der Waals surface area (Å²) in [6.07, 6.45) is -0.785. The monoisotopic (exact) mass is 302 g/mol. The van der Waals surface area contributed by atoms with E-state index in [1.54, 1.807) is 11.8 Å². The number of amidine groups is 1. The number of benzene rings is 1. The van der Waals surface area contributed by atoms with Crippen LogP contribution in [-0.2, 0) is 0 Å². The van der Waals surface area contributed by atoms with E-state index in [0.717, 1.165) is 15.5 Å². The number of hydrogen-bond acceptors (Lipinski definition) is 6. The summed E-state index contributed by atoms with van der Waals surface area (Å²) in [4.78, 5) is 1.75. The van der Waals surface area contributed by atoms with Crippen molar-refractivity contribution in [2.24, 2.45) is 10.9 Å². The average molecular weight is 302 g/mol. The highest BCUT2D eigenvalue weighted by atomic mass is 32.2. The summed E-state index contributed by atoms with van der Waals surface area (Å²) < 4.78 is 0. The van der Waals surface area contributed by atoms with E-state index in [4.69, 9.17) is 16.0 Å². The number of oxime groups is 1. The summed E-state index contributed by atoms with van der Waals surface area (Å²) in [7, 11) is 0. The molecule has 5 nitrogen and oxygen atoms in total. The molecule has 1 aromatic rings. The summed E-state index contributed by atoms with van der Waals surface area (Å²) in [6, 6.07) is 5.65. The van der Waals surface area contributed by atoms with Crippen molar-refractivity contribution in [1.82, 2.24) is 0 Å². The van der Waals surface area contributed by atoms with Crippen LogP contribution in [-0.4, -0.2) is 45.5 Å². The van der Waals surface area contributed by atoms with Gasteiger partial charge in [-0.25, -0.2) is 0 Å². The highest BCUT2D eigenvalue weighted by molar-refractivity contribution is 8.00. The molecule has 0 fully saturated rings. The largest absolute Gasteiger partial charge is 0.409 e. The molecular weight excluding hydrogens is 284 g/mol. The van der Waals surface area contributed by atoms with Crippen molar-refractivity contribution >= 4 is 29.4 Å². The molecule has 19 heavy (non-hydrogen) atoms. The van der Waals surface area contributed by atoms with E-state index >= 15 is 0 Å². The molecule has 1 rings (SSSR count). The minimum absolute atomic E-state index is 0.0533. The zero-order valence-electron chi connectivity index (χ0n) is 10.6. The first kappa shape index (κ1) is 16.2. The van der Waals surface area contributed by atoms with Gasteiger partial charge in [-0.1, -0.05) is 18.1 Å². The second-order valence-electron chi connectivity index (χ2n) is 3.69. The molecule has 0 radical (unpaired) electrons. The lowest BCUT2D eigenvalue weighted by atomic mass is 10.2. The third-order valence-electron chi connectivity index (χ3n) is 2.29. The van der Waals surface area contributed by atoms with Crippen molar-refractivity contribution in [2.45, 2.75) is 22.8 Å². The zero-order chi connectivity index (χ0) is 14.3. The fourth-order valence-corrected chi connectivity index (χ4v) is 3.37. The molecule has 0 heterocycles. The third-order valence-corrected chi connectivity index (χ3v) is 4.44. The number of aliphatic hydroxyl groups excluding tert-OH is 2. The maximum absolute atomic E-state index is 9.39. The van der Waals surface area contributed by atoms with Gasteiger partial charge in [0.2, 0.25) is 0 Å². The first-order chi connectivity index (χ1) is 9.13. The Morgan fingerprint density at radius 2 is 2.00 bits per heavy atom. The smallest absolute Gasteiger partial charge is 0.172 e. The van der Waals surface area contributed by atoms with Crippen molar-refractivity contribution in [3.63, 3.8) is 0 Å². The Kier molecular flexibility index (Phi) is 7.07. The van der Waals surface area contributed by atoms with Crippen molar-refractivity contribution < 1.29 is 15.4 Å². The molecule has 1 atom stereocenters. The summed E-state index contributed by atoms with van der Waals surface area (Å²) in [6.45, 7) is 1.74. The molecule has 1 unspecified atom stereocenters. The minimum atomic E-state index is -0.785. The first-order valence-electron chi connectivity index (χ1n) is 5.79. The quantitative estimate of drug-likeness (QED) is 0.199. The third kappa shape index (κ3) is 4.61. The Labute approximate surface area is 120 Å². The lowest BCUT2D eigenvalue weighted by molar-refractivity contribution is 0.113. The van der Waals surface area contributed by atoms with E-state index in [0.29, 0.717) is 11.3 Å². The zero-order valence-corrected chi connectivity index (χ0v) is 12.2. The molecular formula is C12H18N2O3S2. The summed E-state index contributed by atoms with van der Waals surface area (Å²) in [5, 5.41) is 30.2. The number of hydrogen-bond donors (Lipinski definition) is 4. The van der Waals surface area contributed by atoms with E-state index in [1.807, 2.05) is 25.1 Å². The molecule has 0 bridgehead atoms. The summed E-state index contributed by atoms with van der Waals surface area (Å²) in [5.41, 5.74) is 6.40. The average Bonchev–Trinajstić information content (AvgIpc) is 2.44. The predicted molar refractivity (Wildman–Crippen MR) is 79.2 cm³/mol. The second kappa shape index (κ2) is 8.31. The molecule has 0 saturated carbocycles. The van der Waals surface area contributed by atoms with E-state index in [-0.39, 0.29) is 12.4 Å². The van der Waals surface area contributed by atoms with Crippen LogP contribution in [0.25, 0.3) is 0 Å². The molecule has 0 aliphatic carbocycles. The van der Waals surface area contributed by atoms with E-state index < -0.39 is 6.10 Å². The van der Waals surface area contributed by atoms with Gasteiger partial charge in [0.25, 0.3) is 0 Å². The van der Waals surface area contributed by atoms with Gasteiger partial charge < -0.3 is 21.2 Å². The molecule has 0 spiro atoms. The van der Waals surface area contributed by atoms with Crippen molar-refractivity contribution in [3.05, 3.63) is 23.8 Å². The van der Waals surface area contributed by atoms with Gasteiger partial charge in [-0.05, 0) is 17.9 Å². The molecule has 0 aliphatic heterocycles. The van der Waals surface area contributed by atoms with Crippen molar-refractivity contribution in [2.75, 3.05) is 18.1 Å². The molecule has 7 heteroatoms. The molecule has 1 aromatic carbocycles. The van der Waals surface area contributed by atoms with Gasteiger partial charge in [-0.2, -0.15) is 0 Å². The van der Waals surface area contributed by atoms with E-state index in [2.05, 4.69) is 5.16 Å². The van der Waals surface area contributed by atoms with Gasteiger partial charge >= 0.3 is 0 Å². The fourth-order valence-electron chi connectivity index (χ4n) is 1.45.